The van der Waals surface area contributed by atoms with Crippen molar-refractivity contribution in [1.82, 2.24) is 0 Å². The molecule has 0 saturated carbocycles. The molecule has 0 spiro atoms. The van der Waals surface area contributed by atoms with Crippen LogP contribution in [0.3, 0.4) is 0 Å². The minimum Gasteiger partial charge on any atom is -0.465 e. The van der Waals surface area contributed by atoms with Crippen molar-refractivity contribution in [3.8, 4) is 0 Å². The van der Waals surface area contributed by atoms with Crippen molar-refractivity contribution >= 4 is 5.97 Å². The van der Waals surface area contributed by atoms with Gasteiger partial charge in [-0.1, -0.05) is 110 Å². The Morgan fingerprint density at radius 1 is 0.607 bits per heavy atom. The lowest BCUT2D eigenvalue weighted by molar-refractivity contribution is -0.883. The standard InChI is InChI=1S/C25H52NO2/c1-5-6-7-8-9-10-11-12-13-14-15-16-17-18-19-20-21-22-23-26(2,3)24-25(27)28-4/h5-24H2,1-4H3/q+1. The van der Waals surface area contributed by atoms with E-state index in [-0.39, 0.29) is 5.97 Å². The number of nitrogens with zero attached hydrogens (tertiary/aromatic N) is 1. The third kappa shape index (κ3) is 20.2. The minimum absolute atomic E-state index is 0.104. The molecule has 0 aromatic carbocycles. The van der Waals surface area contributed by atoms with E-state index in [0.717, 1.165) is 11.0 Å². The fourth-order valence-electron chi connectivity index (χ4n) is 3.93. The fraction of sp³-hybridized carbons (Fsp3) is 0.960. The first kappa shape index (κ1) is 27.4. The van der Waals surface area contributed by atoms with Crippen LogP contribution >= 0.6 is 0 Å². The number of unbranched alkanes of at least 4 members (excludes halogenated alkanes) is 17. The normalized spacial score (nSPS) is 11.7. The maximum atomic E-state index is 11.4. The van der Waals surface area contributed by atoms with Crippen LogP contribution in [0.2, 0.25) is 0 Å². The number of hydrogen-bond donors (Lipinski definition) is 0. The molecular formula is C25H52NO2+. The van der Waals surface area contributed by atoms with Crippen LogP contribution in [0.1, 0.15) is 122 Å². The van der Waals surface area contributed by atoms with Gasteiger partial charge in [0, 0.05) is 0 Å². The molecule has 0 aromatic rings. The highest BCUT2D eigenvalue weighted by atomic mass is 16.5. The lowest BCUT2D eigenvalue weighted by Gasteiger charge is -2.28. The molecule has 0 aliphatic heterocycles. The topological polar surface area (TPSA) is 26.3 Å². The average molecular weight is 399 g/mol. The van der Waals surface area contributed by atoms with Crippen molar-refractivity contribution < 1.29 is 14.0 Å². The molecule has 0 saturated heterocycles. The van der Waals surface area contributed by atoms with Crippen LogP contribution in [0.15, 0.2) is 0 Å². The number of likely N-dealkylation sites (N-methyl/N-ethyl adjacent to an activating group) is 1. The first-order valence-electron chi connectivity index (χ1n) is 12.4. The number of esters is 1. The van der Waals surface area contributed by atoms with Crippen molar-refractivity contribution in [2.75, 3.05) is 34.3 Å². The second kappa shape index (κ2) is 19.7. The van der Waals surface area contributed by atoms with Crippen molar-refractivity contribution in [1.29, 1.82) is 0 Å². The molecule has 3 nitrogen and oxygen atoms in total. The van der Waals surface area contributed by atoms with Crippen LogP contribution in [0, 0.1) is 0 Å². The first-order chi connectivity index (χ1) is 13.5. The van der Waals surface area contributed by atoms with Gasteiger partial charge < -0.3 is 9.22 Å². The zero-order chi connectivity index (χ0) is 20.9. The maximum Gasteiger partial charge on any atom is 0.361 e. The van der Waals surface area contributed by atoms with Gasteiger partial charge in [0.05, 0.1) is 27.7 Å². The Labute approximate surface area is 177 Å². The summed E-state index contributed by atoms with van der Waals surface area (Å²) in [6.45, 7) is 3.83. The highest BCUT2D eigenvalue weighted by molar-refractivity contribution is 5.70. The monoisotopic (exact) mass is 398 g/mol. The van der Waals surface area contributed by atoms with E-state index in [1.54, 1.807) is 0 Å². The predicted octanol–water partition coefficient (Wildman–Crippen LogP) is 7.28. The van der Waals surface area contributed by atoms with E-state index in [4.69, 9.17) is 4.74 Å². The molecule has 0 heterocycles. The zero-order valence-electron chi connectivity index (χ0n) is 19.9. The molecule has 3 heteroatoms. The lowest BCUT2D eigenvalue weighted by Crippen LogP contribution is -2.44. The Balaban J connectivity index is 3.21. The van der Waals surface area contributed by atoms with Crippen LogP contribution in [0.4, 0.5) is 0 Å². The maximum absolute atomic E-state index is 11.4. The summed E-state index contributed by atoms with van der Waals surface area (Å²) in [4.78, 5) is 11.4. The molecule has 0 amide bonds. The molecule has 0 rings (SSSR count). The number of ether oxygens (including phenoxy) is 1. The molecule has 0 aliphatic carbocycles. The summed E-state index contributed by atoms with van der Waals surface area (Å²) < 4.78 is 5.51. The van der Waals surface area contributed by atoms with Gasteiger partial charge in [-0.25, -0.2) is 4.79 Å². The van der Waals surface area contributed by atoms with Gasteiger partial charge in [-0.2, -0.15) is 0 Å². The Kier molecular flexibility index (Phi) is 19.3. The van der Waals surface area contributed by atoms with E-state index in [0.29, 0.717) is 6.54 Å². The summed E-state index contributed by atoms with van der Waals surface area (Å²) in [7, 11) is 5.70. The first-order valence-corrected chi connectivity index (χ1v) is 12.4. The molecule has 28 heavy (non-hydrogen) atoms. The van der Waals surface area contributed by atoms with Crippen molar-refractivity contribution in [3.05, 3.63) is 0 Å². The quantitative estimate of drug-likeness (QED) is 0.115. The van der Waals surface area contributed by atoms with Gasteiger partial charge in [-0.05, 0) is 12.8 Å². The van der Waals surface area contributed by atoms with Crippen molar-refractivity contribution in [2.45, 2.75) is 122 Å². The highest BCUT2D eigenvalue weighted by Gasteiger charge is 2.19. The molecule has 0 unspecified atom stereocenters. The fourth-order valence-corrected chi connectivity index (χ4v) is 3.93. The summed E-state index contributed by atoms with van der Waals surface area (Å²) in [5.41, 5.74) is 0. The van der Waals surface area contributed by atoms with Gasteiger partial charge >= 0.3 is 5.97 Å². The smallest absolute Gasteiger partial charge is 0.361 e. The molecule has 0 atom stereocenters. The molecule has 0 fully saturated rings. The molecule has 0 aliphatic rings. The van der Waals surface area contributed by atoms with Gasteiger partial charge in [0.15, 0.2) is 6.54 Å². The summed E-state index contributed by atoms with van der Waals surface area (Å²) in [5, 5.41) is 0. The zero-order valence-corrected chi connectivity index (χ0v) is 19.9. The molecule has 168 valence electrons. The number of carbonyl (C=O) groups excluding carboxylic acids is 1. The van der Waals surface area contributed by atoms with Crippen LogP contribution < -0.4 is 0 Å². The Morgan fingerprint density at radius 3 is 1.25 bits per heavy atom. The van der Waals surface area contributed by atoms with Gasteiger partial charge in [0.25, 0.3) is 0 Å². The molecule has 0 bridgehead atoms. The number of methoxy groups -OCH3 is 1. The Morgan fingerprint density at radius 2 is 0.929 bits per heavy atom. The molecule has 0 aromatic heterocycles. The number of rotatable bonds is 21. The highest BCUT2D eigenvalue weighted by Crippen LogP contribution is 2.14. The second-order valence-corrected chi connectivity index (χ2v) is 9.40. The number of quaternary nitrogens is 1. The van der Waals surface area contributed by atoms with Crippen LogP contribution in [-0.2, 0) is 9.53 Å². The average Bonchev–Trinajstić information content (AvgIpc) is 2.66. The third-order valence-corrected chi connectivity index (χ3v) is 5.90. The largest absolute Gasteiger partial charge is 0.465 e. The molecule has 0 N–H and O–H groups in total. The molecular weight excluding hydrogens is 346 g/mol. The van der Waals surface area contributed by atoms with Crippen molar-refractivity contribution in [3.63, 3.8) is 0 Å². The van der Waals surface area contributed by atoms with E-state index in [2.05, 4.69) is 21.0 Å². The Bertz CT molecular complexity index is 341. The van der Waals surface area contributed by atoms with Crippen molar-refractivity contribution in [2.24, 2.45) is 0 Å². The van der Waals surface area contributed by atoms with Gasteiger partial charge in [0.1, 0.15) is 0 Å². The van der Waals surface area contributed by atoms with Gasteiger partial charge in [0.2, 0.25) is 0 Å². The second-order valence-electron chi connectivity index (χ2n) is 9.40. The van der Waals surface area contributed by atoms with E-state index in [1.165, 1.54) is 123 Å². The number of hydrogen-bond acceptors (Lipinski definition) is 2. The number of carbonyl (C=O) groups is 1. The lowest BCUT2D eigenvalue weighted by atomic mass is 10.0. The predicted molar refractivity (Wildman–Crippen MR) is 123 cm³/mol. The van der Waals surface area contributed by atoms with Crippen LogP contribution in [-0.4, -0.2) is 44.7 Å². The molecule has 0 radical (unpaired) electrons. The van der Waals surface area contributed by atoms with Crippen LogP contribution in [0.25, 0.3) is 0 Å². The Hall–Kier alpha value is -0.570. The van der Waals surface area contributed by atoms with Gasteiger partial charge in [-0.15, -0.1) is 0 Å². The van der Waals surface area contributed by atoms with E-state index >= 15 is 0 Å². The van der Waals surface area contributed by atoms with E-state index < -0.39 is 0 Å². The van der Waals surface area contributed by atoms with Crippen LogP contribution in [0.5, 0.6) is 0 Å². The van der Waals surface area contributed by atoms with Gasteiger partial charge in [-0.3, -0.25) is 0 Å². The summed E-state index contributed by atoms with van der Waals surface area (Å²) >= 11 is 0. The minimum atomic E-state index is -0.104. The van der Waals surface area contributed by atoms with E-state index in [1.807, 2.05) is 0 Å². The van der Waals surface area contributed by atoms with E-state index in [9.17, 15) is 4.79 Å². The summed E-state index contributed by atoms with van der Waals surface area (Å²) in [5.74, 6) is -0.104. The SMILES string of the molecule is CCCCCCCCCCCCCCCCCCCC[N+](C)(C)CC(=O)OC. The third-order valence-electron chi connectivity index (χ3n) is 5.90. The summed E-state index contributed by atoms with van der Waals surface area (Å²) in [6.07, 6.45) is 25.3. The summed E-state index contributed by atoms with van der Waals surface area (Å²) in [6, 6.07) is 0.